The first-order valence-electron chi connectivity index (χ1n) is 4.75. The molecule has 16 heavy (non-hydrogen) atoms. The molecule has 0 spiro atoms. The van der Waals surface area contributed by atoms with Gasteiger partial charge in [0.2, 0.25) is 5.89 Å². The van der Waals surface area contributed by atoms with Gasteiger partial charge >= 0.3 is 0 Å². The molecule has 84 valence electrons. The molecule has 1 heterocycles. The number of rotatable bonds is 3. The van der Waals surface area contributed by atoms with Crippen LogP contribution in [-0.4, -0.2) is 28.9 Å². The minimum atomic E-state index is -0.445. The first-order chi connectivity index (χ1) is 7.56. The highest BCUT2D eigenvalue weighted by Gasteiger charge is 2.11. The first kappa shape index (κ1) is 10.6. The van der Waals surface area contributed by atoms with Crippen LogP contribution in [0.2, 0.25) is 0 Å². The van der Waals surface area contributed by atoms with E-state index in [1.54, 1.807) is 6.07 Å². The van der Waals surface area contributed by atoms with E-state index in [4.69, 9.17) is 4.42 Å². The fourth-order valence-electron chi connectivity index (χ4n) is 1.42. The van der Waals surface area contributed by atoms with Gasteiger partial charge in [-0.1, -0.05) is 0 Å². The molecule has 0 N–H and O–H groups in total. The molecule has 0 atom stereocenters. The zero-order valence-corrected chi connectivity index (χ0v) is 9.01. The molecule has 0 aliphatic heterocycles. The largest absolute Gasteiger partial charge is 0.439 e. The van der Waals surface area contributed by atoms with Crippen LogP contribution in [0.1, 0.15) is 5.89 Å². The molecule has 2 rings (SSSR count). The Bertz CT molecular complexity index is 533. The number of nitro groups is 1. The van der Waals surface area contributed by atoms with Crippen LogP contribution in [0.25, 0.3) is 11.1 Å². The first-order valence-corrected chi connectivity index (χ1v) is 4.75. The lowest BCUT2D eigenvalue weighted by molar-refractivity contribution is -0.384. The highest BCUT2D eigenvalue weighted by atomic mass is 16.6. The van der Waals surface area contributed by atoms with E-state index in [0.29, 0.717) is 23.5 Å². The minimum Gasteiger partial charge on any atom is -0.439 e. The Morgan fingerprint density at radius 1 is 1.50 bits per heavy atom. The molecule has 0 radical (unpaired) electrons. The molecule has 1 aromatic carbocycles. The summed E-state index contributed by atoms with van der Waals surface area (Å²) in [6.45, 7) is 0.572. The molecule has 6 heteroatoms. The van der Waals surface area contributed by atoms with Crippen molar-refractivity contribution in [3.63, 3.8) is 0 Å². The molecule has 0 saturated carbocycles. The Labute approximate surface area is 91.6 Å². The number of nitro benzene ring substituents is 1. The van der Waals surface area contributed by atoms with Crippen LogP contribution in [0.5, 0.6) is 0 Å². The van der Waals surface area contributed by atoms with Crippen LogP contribution in [0.3, 0.4) is 0 Å². The molecular formula is C10H11N3O3. The number of benzene rings is 1. The summed E-state index contributed by atoms with van der Waals surface area (Å²) in [7, 11) is 3.80. The van der Waals surface area contributed by atoms with E-state index in [1.165, 1.54) is 12.1 Å². The maximum absolute atomic E-state index is 10.6. The van der Waals surface area contributed by atoms with E-state index >= 15 is 0 Å². The average Bonchev–Trinajstić information content (AvgIpc) is 2.56. The number of hydrogen-bond acceptors (Lipinski definition) is 5. The molecule has 0 unspecified atom stereocenters. The van der Waals surface area contributed by atoms with Gasteiger partial charge in [-0.05, 0) is 20.2 Å². The Hall–Kier alpha value is -1.95. The fourth-order valence-corrected chi connectivity index (χ4v) is 1.42. The molecular weight excluding hydrogens is 210 g/mol. The molecule has 6 nitrogen and oxygen atoms in total. The van der Waals surface area contributed by atoms with Gasteiger partial charge < -0.3 is 9.32 Å². The third-order valence-electron chi connectivity index (χ3n) is 2.08. The van der Waals surface area contributed by atoms with E-state index in [1.807, 2.05) is 19.0 Å². The normalized spacial score (nSPS) is 11.2. The molecule has 0 fully saturated rings. The summed E-state index contributed by atoms with van der Waals surface area (Å²) in [5.41, 5.74) is 1.12. The number of oxazole rings is 1. The van der Waals surface area contributed by atoms with Gasteiger partial charge in [0.1, 0.15) is 5.52 Å². The second kappa shape index (κ2) is 3.90. The lowest BCUT2D eigenvalue weighted by Gasteiger charge is -2.03. The summed E-state index contributed by atoms with van der Waals surface area (Å²) in [6.07, 6.45) is 0. The van der Waals surface area contributed by atoms with Crippen molar-refractivity contribution in [1.82, 2.24) is 9.88 Å². The van der Waals surface area contributed by atoms with Crippen LogP contribution in [-0.2, 0) is 6.54 Å². The Kier molecular flexibility index (Phi) is 2.57. The van der Waals surface area contributed by atoms with Gasteiger partial charge in [0, 0.05) is 12.1 Å². The van der Waals surface area contributed by atoms with E-state index in [9.17, 15) is 10.1 Å². The van der Waals surface area contributed by atoms with Crippen molar-refractivity contribution in [2.45, 2.75) is 6.54 Å². The second-order valence-electron chi connectivity index (χ2n) is 3.75. The highest BCUT2D eigenvalue weighted by Crippen LogP contribution is 2.21. The number of nitrogens with zero attached hydrogens (tertiary/aromatic N) is 3. The lowest BCUT2D eigenvalue weighted by Crippen LogP contribution is -2.10. The van der Waals surface area contributed by atoms with Crippen molar-refractivity contribution < 1.29 is 9.34 Å². The van der Waals surface area contributed by atoms with Crippen LogP contribution >= 0.6 is 0 Å². The second-order valence-corrected chi connectivity index (χ2v) is 3.75. The smallest absolute Gasteiger partial charge is 0.271 e. The van der Waals surface area contributed by atoms with Gasteiger partial charge in [0.15, 0.2) is 5.58 Å². The molecule has 0 bridgehead atoms. The Morgan fingerprint density at radius 3 is 2.88 bits per heavy atom. The SMILES string of the molecule is CN(C)Cc1nc2cc([N+](=O)[O-])ccc2o1. The zero-order chi connectivity index (χ0) is 11.7. The highest BCUT2D eigenvalue weighted by molar-refractivity contribution is 5.75. The van der Waals surface area contributed by atoms with Crippen LogP contribution in [0.4, 0.5) is 5.69 Å². The predicted octanol–water partition coefficient (Wildman–Crippen LogP) is 1.80. The van der Waals surface area contributed by atoms with Crippen LogP contribution in [0.15, 0.2) is 22.6 Å². The minimum absolute atomic E-state index is 0.0252. The molecule has 2 aromatic rings. The van der Waals surface area contributed by atoms with Gasteiger partial charge in [-0.3, -0.25) is 10.1 Å². The third-order valence-corrected chi connectivity index (χ3v) is 2.08. The van der Waals surface area contributed by atoms with Crippen molar-refractivity contribution in [2.24, 2.45) is 0 Å². The number of fused-ring (bicyclic) bond motifs is 1. The molecule has 0 aliphatic rings. The van der Waals surface area contributed by atoms with Gasteiger partial charge in [0.25, 0.3) is 5.69 Å². The maximum atomic E-state index is 10.6. The number of hydrogen-bond donors (Lipinski definition) is 0. The summed E-state index contributed by atoms with van der Waals surface area (Å²) in [4.78, 5) is 16.2. The van der Waals surface area contributed by atoms with Crippen molar-refractivity contribution in [2.75, 3.05) is 14.1 Å². The topological polar surface area (TPSA) is 72.4 Å². The van der Waals surface area contributed by atoms with Crippen LogP contribution in [0, 0.1) is 10.1 Å². The summed E-state index contributed by atoms with van der Waals surface area (Å²) < 4.78 is 5.44. The van der Waals surface area contributed by atoms with Gasteiger partial charge in [-0.2, -0.15) is 0 Å². The lowest BCUT2D eigenvalue weighted by atomic mass is 10.3. The van der Waals surface area contributed by atoms with Crippen molar-refractivity contribution in [3.05, 3.63) is 34.2 Å². The monoisotopic (exact) mass is 221 g/mol. The molecule has 0 saturated heterocycles. The standard InChI is InChI=1S/C10H11N3O3/c1-12(2)6-10-11-8-5-7(13(14)15)3-4-9(8)16-10/h3-5H,6H2,1-2H3. The van der Waals surface area contributed by atoms with E-state index < -0.39 is 4.92 Å². The van der Waals surface area contributed by atoms with Crippen molar-refractivity contribution in [1.29, 1.82) is 0 Å². The van der Waals surface area contributed by atoms with Gasteiger partial charge in [-0.15, -0.1) is 0 Å². The van der Waals surface area contributed by atoms with Crippen molar-refractivity contribution in [3.8, 4) is 0 Å². The van der Waals surface area contributed by atoms with Crippen molar-refractivity contribution >= 4 is 16.8 Å². The fraction of sp³-hybridized carbons (Fsp3) is 0.300. The van der Waals surface area contributed by atoms with E-state index in [-0.39, 0.29) is 5.69 Å². The molecule has 1 aromatic heterocycles. The average molecular weight is 221 g/mol. The molecule has 0 amide bonds. The Balaban J connectivity index is 2.42. The summed E-state index contributed by atoms with van der Waals surface area (Å²) in [5, 5.41) is 10.6. The maximum Gasteiger partial charge on any atom is 0.271 e. The summed E-state index contributed by atoms with van der Waals surface area (Å²) in [6, 6.07) is 4.39. The number of non-ortho nitro benzene ring substituents is 1. The van der Waals surface area contributed by atoms with Gasteiger partial charge in [0.05, 0.1) is 11.5 Å². The quantitative estimate of drug-likeness (QED) is 0.583. The third kappa shape index (κ3) is 2.01. The summed E-state index contributed by atoms with van der Waals surface area (Å²) in [5.74, 6) is 0.556. The zero-order valence-electron chi connectivity index (χ0n) is 9.01. The van der Waals surface area contributed by atoms with Gasteiger partial charge in [-0.25, -0.2) is 4.98 Å². The summed E-state index contributed by atoms with van der Waals surface area (Å²) >= 11 is 0. The van der Waals surface area contributed by atoms with E-state index in [2.05, 4.69) is 4.98 Å². The van der Waals surface area contributed by atoms with Crippen LogP contribution < -0.4 is 0 Å². The molecule has 0 aliphatic carbocycles. The Morgan fingerprint density at radius 2 is 2.25 bits per heavy atom. The predicted molar refractivity (Wildman–Crippen MR) is 58.1 cm³/mol. The van der Waals surface area contributed by atoms with E-state index in [0.717, 1.165) is 0 Å². The number of aromatic nitrogens is 1.